The van der Waals surface area contributed by atoms with Crippen molar-refractivity contribution in [2.45, 2.75) is 57.4 Å². The van der Waals surface area contributed by atoms with Gasteiger partial charge in [0.1, 0.15) is 12.4 Å². The van der Waals surface area contributed by atoms with Crippen LogP contribution in [0.15, 0.2) is 42.5 Å². The van der Waals surface area contributed by atoms with Crippen LogP contribution < -0.4 is 14.8 Å². The van der Waals surface area contributed by atoms with Crippen LogP contribution in [0.4, 0.5) is 0 Å². The lowest BCUT2D eigenvalue weighted by atomic mass is 9.58. The number of nitrogens with one attached hydrogen (secondary N) is 2. The minimum absolute atomic E-state index is 0.0686. The van der Waals surface area contributed by atoms with Gasteiger partial charge in [-0.25, -0.2) is 13.1 Å². The zero-order chi connectivity index (χ0) is 25.6. The Morgan fingerprint density at radius 1 is 1.14 bits per heavy atom. The van der Waals surface area contributed by atoms with Gasteiger partial charge < -0.3 is 15.0 Å². The molecule has 1 fully saturated rings. The molecule has 0 bridgehead atoms. The predicted octanol–water partition coefficient (Wildman–Crippen LogP) is 4.68. The van der Waals surface area contributed by atoms with Crippen molar-refractivity contribution in [2.75, 3.05) is 45.1 Å². The summed E-state index contributed by atoms with van der Waals surface area (Å²) in [5.74, 6) is 0.927. The molecule has 1 atom stereocenters. The van der Waals surface area contributed by atoms with Gasteiger partial charge in [-0.2, -0.15) is 0 Å². The molecule has 0 amide bonds. The maximum atomic E-state index is 12.3. The molecule has 1 heterocycles. The number of sulfonamides is 1. The molecule has 0 saturated heterocycles. The number of fused-ring (bicyclic) bond motifs is 1. The number of halogens is 1. The van der Waals surface area contributed by atoms with Gasteiger partial charge in [0.15, 0.2) is 0 Å². The zero-order valence-corrected chi connectivity index (χ0v) is 23.1. The van der Waals surface area contributed by atoms with E-state index in [1.54, 1.807) is 0 Å². The molecule has 2 aromatic rings. The fraction of sp³-hybridized carbons (Fsp3) is 0.571. The number of hydrogen-bond donors (Lipinski definition) is 2. The summed E-state index contributed by atoms with van der Waals surface area (Å²) in [6, 6.07) is 14.9. The molecule has 8 heteroatoms. The molecular weight excluding hydrogens is 494 g/mol. The van der Waals surface area contributed by atoms with Gasteiger partial charge >= 0.3 is 0 Å². The molecule has 198 valence electrons. The second-order valence-electron chi connectivity index (χ2n) is 9.96. The minimum Gasteiger partial charge on any atom is -0.492 e. The predicted molar refractivity (Wildman–Crippen MR) is 148 cm³/mol. The zero-order valence-electron chi connectivity index (χ0n) is 21.6. The lowest BCUT2D eigenvalue weighted by Gasteiger charge is -2.50. The minimum atomic E-state index is -3.30. The molecule has 0 aromatic heterocycles. The molecule has 1 unspecified atom stereocenters. The van der Waals surface area contributed by atoms with E-state index in [1.165, 1.54) is 23.1 Å². The average molecular weight is 534 g/mol. The van der Waals surface area contributed by atoms with Crippen molar-refractivity contribution in [3.8, 4) is 5.75 Å². The third-order valence-corrected chi connectivity index (χ3v) is 9.59. The molecule has 6 nitrogen and oxygen atoms in total. The van der Waals surface area contributed by atoms with E-state index in [0.29, 0.717) is 13.0 Å². The SMILES string of the molecule is CCN(CC)CCCS(=O)(=O)NCCOc1ccc2c(c1)C(C1(c3ccc(Cl)cc3)CCC1)NCC2. The topological polar surface area (TPSA) is 70.7 Å². The van der Waals surface area contributed by atoms with Crippen molar-refractivity contribution >= 4 is 21.6 Å². The Labute approximate surface area is 221 Å². The number of nitrogens with zero attached hydrogens (tertiary/aromatic N) is 1. The van der Waals surface area contributed by atoms with Gasteiger partial charge in [-0.15, -0.1) is 0 Å². The van der Waals surface area contributed by atoms with Crippen molar-refractivity contribution in [3.05, 3.63) is 64.2 Å². The number of hydrogen-bond acceptors (Lipinski definition) is 5. The van der Waals surface area contributed by atoms with Gasteiger partial charge in [0.05, 0.1) is 5.75 Å². The van der Waals surface area contributed by atoms with Gasteiger partial charge in [0.2, 0.25) is 10.0 Å². The molecular formula is C28H40ClN3O3S. The summed E-state index contributed by atoms with van der Waals surface area (Å²) in [5.41, 5.74) is 4.06. The first-order valence-corrected chi connectivity index (χ1v) is 15.3. The summed E-state index contributed by atoms with van der Waals surface area (Å²) in [6.45, 7) is 8.39. The van der Waals surface area contributed by atoms with E-state index < -0.39 is 10.0 Å². The van der Waals surface area contributed by atoms with E-state index in [1.807, 2.05) is 18.2 Å². The normalized spacial score (nSPS) is 19.1. The largest absolute Gasteiger partial charge is 0.492 e. The van der Waals surface area contributed by atoms with Gasteiger partial charge in [0, 0.05) is 23.0 Å². The maximum absolute atomic E-state index is 12.3. The average Bonchev–Trinajstić information content (AvgIpc) is 2.85. The van der Waals surface area contributed by atoms with Gasteiger partial charge in [-0.1, -0.05) is 50.1 Å². The highest BCUT2D eigenvalue weighted by molar-refractivity contribution is 7.89. The first-order valence-electron chi connectivity index (χ1n) is 13.3. The second kappa shape index (κ2) is 12.3. The van der Waals surface area contributed by atoms with Crippen LogP contribution in [-0.2, 0) is 21.9 Å². The second-order valence-corrected chi connectivity index (χ2v) is 12.3. The molecule has 2 aliphatic rings. The molecule has 0 spiro atoms. The monoisotopic (exact) mass is 533 g/mol. The van der Waals surface area contributed by atoms with E-state index in [2.05, 4.69) is 53.1 Å². The number of ether oxygens (including phenoxy) is 1. The van der Waals surface area contributed by atoms with Gasteiger partial charge in [-0.05, 0) is 92.8 Å². The Morgan fingerprint density at radius 2 is 1.89 bits per heavy atom. The summed E-state index contributed by atoms with van der Waals surface area (Å²) in [7, 11) is -3.30. The third-order valence-electron chi connectivity index (χ3n) is 7.86. The van der Waals surface area contributed by atoms with Crippen molar-refractivity contribution in [2.24, 2.45) is 0 Å². The molecule has 2 N–H and O–H groups in total. The molecule has 0 radical (unpaired) electrons. The summed E-state index contributed by atoms with van der Waals surface area (Å²) >= 11 is 6.17. The van der Waals surface area contributed by atoms with E-state index in [0.717, 1.165) is 56.2 Å². The van der Waals surface area contributed by atoms with Crippen LogP contribution in [0, 0.1) is 0 Å². The summed E-state index contributed by atoms with van der Waals surface area (Å²) in [5, 5.41) is 4.56. The van der Waals surface area contributed by atoms with Crippen LogP contribution in [-0.4, -0.2) is 58.4 Å². The lowest BCUT2D eigenvalue weighted by molar-refractivity contribution is 0.164. The molecule has 4 rings (SSSR count). The van der Waals surface area contributed by atoms with Crippen LogP contribution in [0.1, 0.15) is 62.3 Å². The standard InChI is InChI=1S/C28H40ClN3O3S/c1-3-32(4-2)18-6-20-36(33,34)31-17-19-35-25-12-7-22-13-16-30-27(26(22)21-25)28(14-5-15-28)23-8-10-24(29)11-9-23/h7-12,21,27,30-31H,3-6,13-20H2,1-2H3. The summed E-state index contributed by atoms with van der Waals surface area (Å²) in [6.07, 6.45) is 5.14. The van der Waals surface area contributed by atoms with Crippen molar-refractivity contribution in [3.63, 3.8) is 0 Å². The van der Waals surface area contributed by atoms with Crippen LogP contribution in [0.25, 0.3) is 0 Å². The molecule has 2 aromatic carbocycles. The Balaban J connectivity index is 1.36. The van der Waals surface area contributed by atoms with Crippen molar-refractivity contribution in [1.29, 1.82) is 0 Å². The molecule has 1 aliphatic carbocycles. The van der Waals surface area contributed by atoms with Crippen LogP contribution in [0.5, 0.6) is 5.75 Å². The smallest absolute Gasteiger partial charge is 0.211 e. The van der Waals surface area contributed by atoms with Crippen LogP contribution in [0.3, 0.4) is 0 Å². The van der Waals surface area contributed by atoms with Crippen LogP contribution in [0.2, 0.25) is 5.02 Å². The van der Waals surface area contributed by atoms with E-state index in [4.69, 9.17) is 16.3 Å². The molecule has 36 heavy (non-hydrogen) atoms. The van der Waals surface area contributed by atoms with Gasteiger partial charge in [0.25, 0.3) is 0 Å². The van der Waals surface area contributed by atoms with E-state index in [9.17, 15) is 8.42 Å². The quantitative estimate of drug-likeness (QED) is 0.366. The highest BCUT2D eigenvalue weighted by Crippen LogP contribution is 2.53. The number of benzene rings is 2. The molecule has 1 aliphatic heterocycles. The van der Waals surface area contributed by atoms with Crippen LogP contribution >= 0.6 is 11.6 Å². The van der Waals surface area contributed by atoms with E-state index in [-0.39, 0.29) is 23.8 Å². The Morgan fingerprint density at radius 3 is 2.56 bits per heavy atom. The third kappa shape index (κ3) is 6.43. The first kappa shape index (κ1) is 27.4. The first-order chi connectivity index (χ1) is 17.4. The summed E-state index contributed by atoms with van der Waals surface area (Å²) in [4.78, 5) is 2.23. The Kier molecular flexibility index (Phi) is 9.34. The highest BCUT2D eigenvalue weighted by atomic mass is 35.5. The van der Waals surface area contributed by atoms with Crippen molar-refractivity contribution in [1.82, 2.24) is 14.9 Å². The summed E-state index contributed by atoms with van der Waals surface area (Å²) < 4.78 is 33.4. The fourth-order valence-corrected chi connectivity index (χ4v) is 6.83. The number of rotatable bonds is 13. The van der Waals surface area contributed by atoms with Gasteiger partial charge in [-0.3, -0.25) is 0 Å². The fourth-order valence-electron chi connectivity index (χ4n) is 5.65. The van der Waals surface area contributed by atoms with Crippen molar-refractivity contribution < 1.29 is 13.2 Å². The Hall–Kier alpha value is -1.64. The lowest BCUT2D eigenvalue weighted by Crippen LogP contribution is -2.49. The highest BCUT2D eigenvalue weighted by Gasteiger charge is 2.47. The molecule has 1 saturated carbocycles. The maximum Gasteiger partial charge on any atom is 0.211 e. The Bertz CT molecular complexity index is 1100. The van der Waals surface area contributed by atoms with E-state index >= 15 is 0 Å².